The quantitative estimate of drug-likeness (QED) is 0.461. The molecule has 2 aliphatic heterocycles. The Balaban J connectivity index is 1.60. The zero-order valence-corrected chi connectivity index (χ0v) is 19.1. The summed E-state index contributed by atoms with van der Waals surface area (Å²) >= 11 is 0. The molecule has 0 aliphatic carbocycles. The Morgan fingerprint density at radius 3 is 2.32 bits per heavy atom. The molecule has 6 rings (SSSR count). The normalized spacial score (nSPS) is 18.2. The van der Waals surface area contributed by atoms with E-state index in [0.29, 0.717) is 5.95 Å². The third kappa shape index (κ3) is 3.20. The molecule has 0 fully saturated rings. The third-order valence-corrected chi connectivity index (χ3v) is 6.43. The van der Waals surface area contributed by atoms with Crippen LogP contribution < -0.4 is 19.5 Å². The molecule has 34 heavy (non-hydrogen) atoms. The molecule has 3 aromatic carbocycles. The molecule has 0 saturated heterocycles. The predicted molar refractivity (Wildman–Crippen MR) is 129 cm³/mol. The van der Waals surface area contributed by atoms with Gasteiger partial charge >= 0.3 is 0 Å². The first-order chi connectivity index (χ1) is 16.7. The van der Waals surface area contributed by atoms with Crippen LogP contribution in [0.4, 0.5) is 5.95 Å². The van der Waals surface area contributed by atoms with Gasteiger partial charge in [0.25, 0.3) is 0 Å². The lowest BCUT2D eigenvalue weighted by atomic mass is 9.84. The van der Waals surface area contributed by atoms with Crippen LogP contribution in [0.5, 0.6) is 17.2 Å². The summed E-state index contributed by atoms with van der Waals surface area (Å²) in [6, 6.07) is 22.2. The summed E-state index contributed by atoms with van der Waals surface area (Å²) in [4.78, 5) is 4.50. The smallest absolute Gasteiger partial charge is 0.226 e. The number of anilines is 1. The summed E-state index contributed by atoms with van der Waals surface area (Å²) in [5.74, 6) is 3.03. The molecule has 0 bridgehead atoms. The van der Waals surface area contributed by atoms with Gasteiger partial charge in [0, 0.05) is 11.1 Å². The van der Waals surface area contributed by atoms with Gasteiger partial charge in [-0.3, -0.25) is 0 Å². The number of ether oxygens (including phenoxy) is 3. The van der Waals surface area contributed by atoms with Gasteiger partial charge in [-0.25, -0.2) is 4.68 Å². The molecule has 0 saturated carbocycles. The van der Waals surface area contributed by atoms with E-state index in [9.17, 15) is 0 Å². The van der Waals surface area contributed by atoms with Crippen molar-refractivity contribution in [2.24, 2.45) is 0 Å². The number of benzene rings is 3. The monoisotopic (exact) mass is 452 g/mol. The van der Waals surface area contributed by atoms with Crippen LogP contribution in [0.25, 0.3) is 5.70 Å². The molecule has 1 N–H and O–H groups in total. The summed E-state index contributed by atoms with van der Waals surface area (Å²) in [7, 11) is 3.34. The maximum absolute atomic E-state index is 6.67. The Hall–Kier alpha value is -4.26. The van der Waals surface area contributed by atoms with E-state index in [4.69, 9.17) is 14.2 Å². The number of hydrogen-bond donors (Lipinski definition) is 1. The molecule has 3 heterocycles. The standard InChI is InChI=1S/C27H24N4O3/c1-16-4-6-17(7-5-16)25-23-24(30-27-28-15-29-31(25)27)21-14-20(33-3)12-13-22(21)34-26(23)18-8-10-19(32-2)11-9-18/h4-15,25-26H,1-3H3,(H,28,29,30)/t25-,26+/m0/s1. The maximum Gasteiger partial charge on any atom is 0.226 e. The minimum absolute atomic E-state index is 0.194. The zero-order chi connectivity index (χ0) is 23.2. The first-order valence-corrected chi connectivity index (χ1v) is 11.1. The van der Waals surface area contributed by atoms with Crippen LogP contribution in [0, 0.1) is 6.92 Å². The fraction of sp³-hybridized carbons (Fsp3) is 0.185. The van der Waals surface area contributed by atoms with Gasteiger partial charge in [0.05, 0.1) is 19.9 Å². The molecule has 1 aromatic heterocycles. The number of hydrogen-bond acceptors (Lipinski definition) is 6. The summed E-state index contributed by atoms with van der Waals surface area (Å²) < 4.78 is 19.5. The second kappa shape index (κ2) is 7.95. The van der Waals surface area contributed by atoms with E-state index in [2.05, 4.69) is 46.6 Å². The highest BCUT2D eigenvalue weighted by molar-refractivity contribution is 5.85. The highest BCUT2D eigenvalue weighted by Crippen LogP contribution is 2.51. The SMILES string of the molecule is COc1ccc([C@H]2Oc3ccc(OC)cc3C3=C2[C@H](c2ccc(C)cc2)n2ncnc2N3)cc1. The van der Waals surface area contributed by atoms with Crippen LogP contribution in [0.2, 0.25) is 0 Å². The summed E-state index contributed by atoms with van der Waals surface area (Å²) in [6.45, 7) is 2.09. The van der Waals surface area contributed by atoms with Crippen molar-refractivity contribution in [2.75, 3.05) is 19.5 Å². The molecule has 0 amide bonds. The number of aryl methyl sites for hydroxylation is 1. The van der Waals surface area contributed by atoms with Crippen molar-refractivity contribution < 1.29 is 14.2 Å². The van der Waals surface area contributed by atoms with E-state index < -0.39 is 0 Å². The lowest BCUT2D eigenvalue weighted by molar-refractivity contribution is 0.222. The molecule has 7 heteroatoms. The van der Waals surface area contributed by atoms with Crippen LogP contribution in [-0.2, 0) is 0 Å². The van der Waals surface area contributed by atoms with Gasteiger partial charge in [0.1, 0.15) is 35.7 Å². The van der Waals surface area contributed by atoms with Crippen molar-refractivity contribution in [3.63, 3.8) is 0 Å². The summed E-state index contributed by atoms with van der Waals surface area (Å²) in [5, 5.41) is 8.11. The fourth-order valence-corrected chi connectivity index (χ4v) is 4.70. The number of methoxy groups -OCH3 is 2. The lowest BCUT2D eigenvalue weighted by Crippen LogP contribution is -2.32. The van der Waals surface area contributed by atoms with Gasteiger partial charge < -0.3 is 19.5 Å². The second-order valence-corrected chi connectivity index (χ2v) is 8.43. The molecule has 0 spiro atoms. The van der Waals surface area contributed by atoms with E-state index in [-0.39, 0.29) is 12.1 Å². The van der Waals surface area contributed by atoms with Crippen molar-refractivity contribution in [3.8, 4) is 17.2 Å². The Morgan fingerprint density at radius 1 is 0.882 bits per heavy atom. The highest BCUT2D eigenvalue weighted by atomic mass is 16.5. The zero-order valence-electron chi connectivity index (χ0n) is 19.1. The van der Waals surface area contributed by atoms with Crippen LogP contribution in [0.15, 0.2) is 78.6 Å². The minimum atomic E-state index is -0.335. The summed E-state index contributed by atoms with van der Waals surface area (Å²) in [6.07, 6.45) is 1.25. The van der Waals surface area contributed by atoms with E-state index in [1.54, 1.807) is 20.5 Å². The van der Waals surface area contributed by atoms with Crippen LogP contribution in [-0.4, -0.2) is 29.0 Å². The first kappa shape index (κ1) is 20.4. The third-order valence-electron chi connectivity index (χ3n) is 6.43. The number of nitrogens with zero attached hydrogens (tertiary/aromatic N) is 3. The van der Waals surface area contributed by atoms with Crippen molar-refractivity contribution >= 4 is 11.6 Å². The Bertz CT molecular complexity index is 1390. The molecule has 2 aliphatic rings. The molecular weight excluding hydrogens is 428 g/mol. The minimum Gasteiger partial charge on any atom is -0.497 e. The van der Waals surface area contributed by atoms with Crippen LogP contribution >= 0.6 is 0 Å². The van der Waals surface area contributed by atoms with Crippen molar-refractivity contribution in [1.29, 1.82) is 0 Å². The maximum atomic E-state index is 6.67. The van der Waals surface area contributed by atoms with Gasteiger partial charge in [-0.05, 0) is 48.4 Å². The largest absolute Gasteiger partial charge is 0.497 e. The van der Waals surface area contributed by atoms with Crippen LogP contribution in [0.1, 0.15) is 34.4 Å². The van der Waals surface area contributed by atoms with Gasteiger partial charge in [0.2, 0.25) is 5.95 Å². The van der Waals surface area contributed by atoms with E-state index in [1.807, 2.05) is 47.1 Å². The van der Waals surface area contributed by atoms with Gasteiger partial charge in [-0.2, -0.15) is 10.1 Å². The van der Waals surface area contributed by atoms with Gasteiger partial charge in [-0.15, -0.1) is 0 Å². The Labute approximate surface area is 197 Å². The van der Waals surface area contributed by atoms with Crippen molar-refractivity contribution in [3.05, 3.63) is 101 Å². The molecule has 170 valence electrons. The van der Waals surface area contributed by atoms with Gasteiger partial charge in [0.15, 0.2) is 0 Å². The molecular formula is C27H24N4O3. The molecule has 0 radical (unpaired) electrons. The number of nitrogens with one attached hydrogen (secondary N) is 1. The lowest BCUT2D eigenvalue weighted by Gasteiger charge is -2.39. The average Bonchev–Trinajstić information content (AvgIpc) is 3.36. The van der Waals surface area contributed by atoms with E-state index in [0.717, 1.165) is 45.2 Å². The number of rotatable bonds is 4. The Morgan fingerprint density at radius 2 is 1.59 bits per heavy atom. The first-order valence-electron chi connectivity index (χ1n) is 11.1. The Kier molecular flexibility index (Phi) is 4.76. The number of aromatic nitrogens is 3. The topological polar surface area (TPSA) is 70.4 Å². The second-order valence-electron chi connectivity index (χ2n) is 8.43. The molecule has 0 unspecified atom stereocenters. The predicted octanol–water partition coefficient (Wildman–Crippen LogP) is 5.16. The average molecular weight is 453 g/mol. The summed E-state index contributed by atoms with van der Waals surface area (Å²) in [5.41, 5.74) is 6.30. The van der Waals surface area contributed by atoms with Gasteiger partial charge in [-0.1, -0.05) is 42.0 Å². The molecule has 4 aromatic rings. The van der Waals surface area contributed by atoms with E-state index in [1.165, 1.54) is 5.56 Å². The van der Waals surface area contributed by atoms with E-state index >= 15 is 0 Å². The van der Waals surface area contributed by atoms with Crippen LogP contribution in [0.3, 0.4) is 0 Å². The number of fused-ring (bicyclic) bond motifs is 3. The fourth-order valence-electron chi connectivity index (χ4n) is 4.70. The van der Waals surface area contributed by atoms with Crippen molar-refractivity contribution in [1.82, 2.24) is 14.8 Å². The molecule has 2 atom stereocenters. The molecule has 7 nitrogen and oxygen atoms in total. The van der Waals surface area contributed by atoms with Crippen molar-refractivity contribution in [2.45, 2.75) is 19.1 Å². The highest BCUT2D eigenvalue weighted by Gasteiger charge is 2.41.